The fourth-order valence-electron chi connectivity index (χ4n) is 0.906. The minimum atomic E-state index is -0.474. The van der Waals surface area contributed by atoms with Gasteiger partial charge in [-0.2, -0.15) is 11.3 Å². The number of thiophene rings is 1. The van der Waals surface area contributed by atoms with Crippen LogP contribution in [0.5, 0.6) is 0 Å². The quantitative estimate of drug-likeness (QED) is 0.823. The van der Waals surface area contributed by atoms with Crippen molar-refractivity contribution in [1.29, 1.82) is 0 Å². The molecule has 0 saturated carbocycles. The lowest BCUT2D eigenvalue weighted by molar-refractivity contribution is 0.0996. The summed E-state index contributed by atoms with van der Waals surface area (Å²) in [4.78, 5) is 14.9. The molecule has 0 radical (unpaired) electrons. The summed E-state index contributed by atoms with van der Waals surface area (Å²) in [5.41, 5.74) is 6.47. The van der Waals surface area contributed by atoms with E-state index in [4.69, 9.17) is 5.73 Å². The van der Waals surface area contributed by atoms with Gasteiger partial charge in [0.1, 0.15) is 10.7 Å². The maximum Gasteiger partial charge on any atom is 0.268 e. The lowest BCUT2D eigenvalue weighted by Crippen LogP contribution is -2.10. The van der Waals surface area contributed by atoms with Crippen LogP contribution in [0.2, 0.25) is 0 Å². The predicted octanol–water partition coefficient (Wildman–Crippen LogP) is 1.97. The molecule has 0 spiro atoms. The van der Waals surface area contributed by atoms with Crippen LogP contribution in [0.3, 0.4) is 0 Å². The molecule has 0 unspecified atom stereocenters. The highest BCUT2D eigenvalue weighted by molar-refractivity contribution is 7.14. The average Bonchev–Trinajstić information content (AvgIpc) is 2.75. The number of nitrogens with two attached hydrogens (primary N) is 1. The molecule has 2 aromatic rings. The number of thiazole rings is 1. The summed E-state index contributed by atoms with van der Waals surface area (Å²) in [5, 5.41) is 6.48. The Balaban J connectivity index is 2.39. The molecule has 0 bridgehead atoms. The minimum Gasteiger partial charge on any atom is -0.364 e. The Kier molecular flexibility index (Phi) is 2.12. The average molecular weight is 210 g/mol. The van der Waals surface area contributed by atoms with Gasteiger partial charge in [0.25, 0.3) is 5.91 Å². The first kappa shape index (κ1) is 8.40. The van der Waals surface area contributed by atoms with Gasteiger partial charge in [0.2, 0.25) is 0 Å². The lowest BCUT2D eigenvalue weighted by atomic mass is 10.3. The van der Waals surface area contributed by atoms with Crippen molar-refractivity contribution in [2.45, 2.75) is 0 Å². The molecule has 2 heterocycles. The molecule has 66 valence electrons. The van der Waals surface area contributed by atoms with Crippen molar-refractivity contribution in [2.75, 3.05) is 0 Å². The highest BCUT2D eigenvalue weighted by Crippen LogP contribution is 2.25. The van der Waals surface area contributed by atoms with Gasteiger partial charge in [0, 0.05) is 16.3 Å². The second-order valence-electron chi connectivity index (χ2n) is 2.41. The summed E-state index contributed by atoms with van der Waals surface area (Å²) in [5.74, 6) is -0.474. The molecule has 2 N–H and O–H groups in total. The zero-order valence-electron chi connectivity index (χ0n) is 6.56. The smallest absolute Gasteiger partial charge is 0.268 e. The van der Waals surface area contributed by atoms with E-state index in [-0.39, 0.29) is 0 Å². The zero-order chi connectivity index (χ0) is 9.26. The Morgan fingerprint density at radius 2 is 2.31 bits per heavy atom. The number of amides is 1. The lowest BCUT2D eigenvalue weighted by Gasteiger charge is -1.86. The van der Waals surface area contributed by atoms with Crippen LogP contribution in [0.4, 0.5) is 0 Å². The minimum absolute atomic E-state index is 0.339. The third-order valence-electron chi connectivity index (χ3n) is 1.52. The predicted molar refractivity (Wildman–Crippen MR) is 53.9 cm³/mol. The fraction of sp³-hybridized carbons (Fsp3) is 0. The van der Waals surface area contributed by atoms with Crippen molar-refractivity contribution in [1.82, 2.24) is 4.98 Å². The van der Waals surface area contributed by atoms with E-state index >= 15 is 0 Å². The van der Waals surface area contributed by atoms with E-state index in [9.17, 15) is 4.79 Å². The van der Waals surface area contributed by atoms with E-state index in [1.54, 1.807) is 16.7 Å². The van der Waals surface area contributed by atoms with Crippen LogP contribution in [0, 0.1) is 0 Å². The van der Waals surface area contributed by atoms with Crippen LogP contribution in [0.15, 0.2) is 22.2 Å². The van der Waals surface area contributed by atoms with Crippen LogP contribution in [-0.4, -0.2) is 10.9 Å². The van der Waals surface area contributed by atoms with Crippen LogP contribution in [0.1, 0.15) is 10.5 Å². The third kappa shape index (κ3) is 1.61. The van der Waals surface area contributed by atoms with Gasteiger partial charge in [-0.05, 0) is 11.4 Å². The van der Waals surface area contributed by atoms with Crippen LogP contribution in [0.25, 0.3) is 10.6 Å². The Bertz CT molecular complexity index is 419. The normalized spacial score (nSPS) is 10.2. The van der Waals surface area contributed by atoms with Crippen molar-refractivity contribution in [3.05, 3.63) is 27.9 Å². The van der Waals surface area contributed by atoms with Crippen molar-refractivity contribution in [3.63, 3.8) is 0 Å². The fourth-order valence-corrected chi connectivity index (χ4v) is 2.43. The number of rotatable bonds is 2. The van der Waals surface area contributed by atoms with Gasteiger partial charge in [-0.1, -0.05) is 0 Å². The van der Waals surface area contributed by atoms with Gasteiger partial charge in [0.05, 0.1) is 0 Å². The molecule has 5 heteroatoms. The summed E-state index contributed by atoms with van der Waals surface area (Å²) in [6.45, 7) is 0. The molecular formula is C8H6N2OS2. The van der Waals surface area contributed by atoms with Crippen molar-refractivity contribution >= 4 is 28.6 Å². The summed E-state index contributed by atoms with van der Waals surface area (Å²) < 4.78 is 0. The van der Waals surface area contributed by atoms with E-state index in [2.05, 4.69) is 4.98 Å². The van der Waals surface area contributed by atoms with Crippen molar-refractivity contribution in [2.24, 2.45) is 5.73 Å². The van der Waals surface area contributed by atoms with Gasteiger partial charge >= 0.3 is 0 Å². The Morgan fingerprint density at radius 1 is 1.46 bits per heavy atom. The zero-order valence-corrected chi connectivity index (χ0v) is 8.19. The van der Waals surface area contributed by atoms with Gasteiger partial charge in [-0.25, -0.2) is 4.98 Å². The molecule has 0 aliphatic heterocycles. The Labute approximate surface area is 82.9 Å². The summed E-state index contributed by atoms with van der Waals surface area (Å²) in [7, 11) is 0. The first-order valence-electron chi connectivity index (χ1n) is 3.55. The summed E-state index contributed by atoms with van der Waals surface area (Å²) >= 11 is 3.03. The Morgan fingerprint density at radius 3 is 2.85 bits per heavy atom. The van der Waals surface area contributed by atoms with E-state index in [0.29, 0.717) is 5.69 Å². The maximum atomic E-state index is 10.8. The number of nitrogens with zero attached hydrogens (tertiary/aromatic N) is 1. The van der Waals surface area contributed by atoms with Crippen LogP contribution in [-0.2, 0) is 0 Å². The van der Waals surface area contributed by atoms with Crippen LogP contribution < -0.4 is 5.73 Å². The molecule has 13 heavy (non-hydrogen) atoms. The van der Waals surface area contributed by atoms with Gasteiger partial charge < -0.3 is 5.73 Å². The number of hydrogen-bond donors (Lipinski definition) is 1. The second-order valence-corrected chi connectivity index (χ2v) is 4.05. The number of carbonyl (C=O) groups is 1. The molecular weight excluding hydrogens is 204 g/mol. The van der Waals surface area contributed by atoms with E-state index in [1.165, 1.54) is 11.3 Å². The largest absolute Gasteiger partial charge is 0.364 e. The van der Waals surface area contributed by atoms with E-state index < -0.39 is 5.91 Å². The molecule has 2 aromatic heterocycles. The van der Waals surface area contributed by atoms with Crippen molar-refractivity contribution < 1.29 is 4.79 Å². The van der Waals surface area contributed by atoms with E-state index in [1.807, 2.05) is 16.8 Å². The van der Waals surface area contributed by atoms with E-state index in [0.717, 1.165) is 10.6 Å². The topological polar surface area (TPSA) is 56.0 Å². The number of aromatic nitrogens is 1. The highest BCUT2D eigenvalue weighted by atomic mass is 32.1. The standard InChI is InChI=1S/C8H6N2OS2/c9-7(11)6-4-13-8(10-6)5-1-2-12-3-5/h1-4H,(H2,9,11). The monoisotopic (exact) mass is 210 g/mol. The molecule has 0 atom stereocenters. The van der Waals surface area contributed by atoms with Gasteiger partial charge in [0.15, 0.2) is 0 Å². The Hall–Kier alpha value is -1.20. The second kappa shape index (κ2) is 3.27. The van der Waals surface area contributed by atoms with Gasteiger partial charge in [-0.15, -0.1) is 11.3 Å². The molecule has 3 nitrogen and oxygen atoms in total. The molecule has 0 aliphatic rings. The summed E-state index contributed by atoms with van der Waals surface area (Å²) in [6, 6.07) is 1.97. The molecule has 2 rings (SSSR count). The highest BCUT2D eigenvalue weighted by Gasteiger charge is 2.07. The van der Waals surface area contributed by atoms with Gasteiger partial charge in [-0.3, -0.25) is 4.79 Å². The first-order chi connectivity index (χ1) is 6.27. The molecule has 0 saturated heterocycles. The number of primary amides is 1. The first-order valence-corrected chi connectivity index (χ1v) is 5.37. The summed E-state index contributed by atoms with van der Waals surface area (Å²) in [6.07, 6.45) is 0. The molecule has 1 amide bonds. The maximum absolute atomic E-state index is 10.8. The van der Waals surface area contributed by atoms with Crippen molar-refractivity contribution in [3.8, 4) is 10.6 Å². The third-order valence-corrected chi connectivity index (χ3v) is 3.10. The molecule has 0 aromatic carbocycles. The SMILES string of the molecule is NC(=O)c1csc(-c2ccsc2)n1. The number of carbonyl (C=O) groups excluding carboxylic acids is 1. The molecule has 0 aliphatic carbocycles. The number of hydrogen-bond acceptors (Lipinski definition) is 4. The van der Waals surface area contributed by atoms with Crippen LogP contribution >= 0.6 is 22.7 Å². The molecule has 0 fully saturated rings.